The molecule has 2 aliphatic rings. The van der Waals surface area contributed by atoms with E-state index in [1.54, 1.807) is 6.20 Å². The zero-order valence-electron chi connectivity index (χ0n) is 18.2. The normalized spacial score (nSPS) is 17.4. The lowest BCUT2D eigenvalue weighted by Gasteiger charge is -2.34. The fourth-order valence-corrected chi connectivity index (χ4v) is 3.83. The second kappa shape index (κ2) is 7.81. The molecule has 1 unspecified atom stereocenters. The maximum Gasteiger partial charge on any atom is 0.324 e. The van der Waals surface area contributed by atoms with Gasteiger partial charge in [0.05, 0.1) is 17.3 Å². The van der Waals surface area contributed by atoms with Gasteiger partial charge in [-0.1, -0.05) is 24.3 Å². The average Bonchev–Trinajstić information content (AvgIpc) is 3.54. The third-order valence-corrected chi connectivity index (χ3v) is 5.74. The fraction of sp³-hybridized carbons (Fsp3) is 0.435. The van der Waals surface area contributed by atoms with Gasteiger partial charge in [-0.15, -0.1) is 0 Å². The lowest BCUT2D eigenvalue weighted by Crippen LogP contribution is -2.51. The van der Waals surface area contributed by atoms with Crippen LogP contribution in [-0.4, -0.2) is 34.2 Å². The molecule has 4 rings (SSSR count). The summed E-state index contributed by atoms with van der Waals surface area (Å²) < 4.78 is 27.1. The number of fused-ring (bicyclic) bond motifs is 1. The van der Waals surface area contributed by atoms with Gasteiger partial charge in [-0.05, 0) is 49.8 Å². The van der Waals surface area contributed by atoms with Gasteiger partial charge in [-0.2, -0.15) is 0 Å². The van der Waals surface area contributed by atoms with Crippen molar-refractivity contribution in [1.82, 2.24) is 10.3 Å². The molecule has 7 nitrogen and oxygen atoms in total. The number of halogens is 2. The van der Waals surface area contributed by atoms with Gasteiger partial charge in [0, 0.05) is 18.7 Å². The van der Waals surface area contributed by atoms with Crippen LogP contribution in [0.2, 0.25) is 0 Å². The largest absolute Gasteiger partial charge is 0.388 e. The second-order valence-electron chi connectivity index (χ2n) is 9.09. The Morgan fingerprint density at radius 3 is 2.47 bits per heavy atom. The van der Waals surface area contributed by atoms with E-state index in [9.17, 15) is 23.5 Å². The van der Waals surface area contributed by atoms with E-state index in [1.807, 2.05) is 6.07 Å². The molecule has 3 N–H and O–H groups in total. The molecule has 0 saturated heterocycles. The number of hydrogen-bond donors (Lipinski definition) is 3. The van der Waals surface area contributed by atoms with Gasteiger partial charge in [-0.3, -0.25) is 9.69 Å². The van der Waals surface area contributed by atoms with Crippen molar-refractivity contribution in [3.8, 4) is 0 Å². The number of hydrogen-bond acceptors (Lipinski definition) is 4. The summed E-state index contributed by atoms with van der Waals surface area (Å²) >= 11 is 0. The Morgan fingerprint density at radius 2 is 1.91 bits per heavy atom. The van der Waals surface area contributed by atoms with Gasteiger partial charge < -0.3 is 15.7 Å². The highest BCUT2D eigenvalue weighted by molar-refractivity contribution is 6.08. The van der Waals surface area contributed by atoms with Crippen LogP contribution >= 0.6 is 0 Å². The van der Waals surface area contributed by atoms with Gasteiger partial charge in [-0.25, -0.2) is 18.6 Å². The van der Waals surface area contributed by atoms with Crippen molar-refractivity contribution in [3.05, 3.63) is 53.2 Å². The summed E-state index contributed by atoms with van der Waals surface area (Å²) in [6.45, 7) is 3.60. The summed E-state index contributed by atoms with van der Waals surface area (Å²) in [6.07, 6.45) is 3.87. The predicted octanol–water partition coefficient (Wildman–Crippen LogP) is 4.05. The molecule has 1 aromatic heterocycles. The topological polar surface area (TPSA) is 94.6 Å². The van der Waals surface area contributed by atoms with E-state index in [0.717, 1.165) is 25.3 Å². The minimum absolute atomic E-state index is 0.167. The van der Waals surface area contributed by atoms with E-state index in [1.165, 1.54) is 43.0 Å². The van der Waals surface area contributed by atoms with Crippen LogP contribution in [0.5, 0.6) is 0 Å². The molecular formula is C23H26F2N4O3. The van der Waals surface area contributed by atoms with Gasteiger partial charge in [0.2, 0.25) is 5.91 Å². The molecule has 3 amide bonds. The van der Waals surface area contributed by atoms with Crippen molar-refractivity contribution in [2.45, 2.75) is 57.1 Å². The number of alkyl halides is 2. The van der Waals surface area contributed by atoms with E-state index in [-0.39, 0.29) is 18.0 Å². The molecule has 32 heavy (non-hydrogen) atoms. The number of nitrogens with one attached hydrogen (secondary N) is 2. The number of rotatable bonds is 5. The predicted molar refractivity (Wildman–Crippen MR) is 116 cm³/mol. The maximum absolute atomic E-state index is 13.6. The molecule has 0 spiro atoms. The molecule has 0 radical (unpaired) electrons. The Morgan fingerprint density at radius 1 is 1.25 bits per heavy atom. The molecular weight excluding hydrogens is 418 g/mol. The van der Waals surface area contributed by atoms with Crippen LogP contribution < -0.4 is 15.5 Å². The van der Waals surface area contributed by atoms with E-state index in [0.29, 0.717) is 23.0 Å². The van der Waals surface area contributed by atoms with Crippen molar-refractivity contribution in [1.29, 1.82) is 0 Å². The van der Waals surface area contributed by atoms with Crippen LogP contribution in [-0.2, 0) is 10.7 Å². The van der Waals surface area contributed by atoms with E-state index >= 15 is 0 Å². The van der Waals surface area contributed by atoms with Crippen molar-refractivity contribution in [2.24, 2.45) is 0 Å². The first-order valence-corrected chi connectivity index (χ1v) is 10.5. The lowest BCUT2D eigenvalue weighted by atomic mass is 9.91. The Bertz CT molecular complexity index is 1040. The van der Waals surface area contributed by atoms with Crippen LogP contribution in [0.15, 0.2) is 36.5 Å². The summed E-state index contributed by atoms with van der Waals surface area (Å²) in [4.78, 5) is 31.0. The van der Waals surface area contributed by atoms with Gasteiger partial charge >= 0.3 is 6.03 Å². The number of aromatic nitrogens is 1. The molecule has 2 heterocycles. The number of carbonyl (C=O) groups is 2. The summed E-state index contributed by atoms with van der Waals surface area (Å²) in [5, 5.41) is 16.2. The first kappa shape index (κ1) is 22.1. The minimum atomic E-state index is -3.00. The molecule has 9 heteroatoms. The van der Waals surface area contributed by atoms with E-state index in [4.69, 9.17) is 0 Å². The molecule has 2 aromatic rings. The number of benzene rings is 1. The van der Waals surface area contributed by atoms with Crippen molar-refractivity contribution < 1.29 is 23.5 Å². The molecule has 1 aliphatic carbocycles. The third-order valence-electron chi connectivity index (χ3n) is 5.74. The molecule has 1 saturated carbocycles. The van der Waals surface area contributed by atoms with Gasteiger partial charge in [0.25, 0.3) is 5.92 Å². The maximum atomic E-state index is 13.6. The highest BCUT2D eigenvalue weighted by Gasteiger charge is 2.36. The monoisotopic (exact) mass is 444 g/mol. The third kappa shape index (κ3) is 4.57. The first-order chi connectivity index (χ1) is 14.9. The second-order valence-corrected chi connectivity index (χ2v) is 9.09. The van der Waals surface area contributed by atoms with E-state index < -0.39 is 23.6 Å². The Hall–Kier alpha value is -3.07. The van der Waals surface area contributed by atoms with Crippen LogP contribution in [0.1, 0.15) is 62.3 Å². The van der Waals surface area contributed by atoms with E-state index in [2.05, 4.69) is 15.6 Å². The van der Waals surface area contributed by atoms with Gasteiger partial charge in [0.15, 0.2) is 5.82 Å². The number of nitrogens with zero attached hydrogens (tertiary/aromatic N) is 2. The Balaban J connectivity index is 1.60. The average molecular weight is 444 g/mol. The standard InChI is InChI=1S/C23H26F2N4O3/c1-22(2,32)19(14-6-8-16(9-7-14)23(3,24)25)28-21(31)29-12-18(30)27-17-10-15(13-4-5-13)11-26-20(17)29/h6-11,13,19,32H,4-5,12H2,1-3H3,(H,27,30)(H,28,31). The molecule has 1 aliphatic heterocycles. The van der Waals surface area contributed by atoms with Crippen molar-refractivity contribution in [2.75, 3.05) is 16.8 Å². The summed E-state index contributed by atoms with van der Waals surface area (Å²) in [7, 11) is 0. The number of aliphatic hydroxyl groups is 1. The van der Waals surface area contributed by atoms with Crippen LogP contribution in [0.3, 0.4) is 0 Å². The number of anilines is 2. The quantitative estimate of drug-likeness (QED) is 0.649. The number of amides is 3. The number of pyridine rings is 1. The zero-order chi connectivity index (χ0) is 23.3. The SMILES string of the molecule is CC(F)(F)c1ccc(C(NC(=O)N2CC(=O)Nc3cc(C4CC4)cnc32)C(C)(C)O)cc1. The smallest absolute Gasteiger partial charge is 0.324 e. The number of urea groups is 1. The molecule has 170 valence electrons. The molecule has 1 aromatic carbocycles. The van der Waals surface area contributed by atoms with Crippen molar-refractivity contribution >= 4 is 23.4 Å². The molecule has 1 atom stereocenters. The highest BCUT2D eigenvalue weighted by Crippen LogP contribution is 2.42. The zero-order valence-corrected chi connectivity index (χ0v) is 18.2. The highest BCUT2D eigenvalue weighted by atomic mass is 19.3. The van der Waals surface area contributed by atoms with Crippen LogP contribution in [0.4, 0.5) is 25.1 Å². The lowest BCUT2D eigenvalue weighted by molar-refractivity contribution is -0.115. The Kier molecular flexibility index (Phi) is 5.40. The van der Waals surface area contributed by atoms with Crippen molar-refractivity contribution in [3.63, 3.8) is 0 Å². The Labute approximate surface area is 184 Å². The summed E-state index contributed by atoms with van der Waals surface area (Å²) in [5.41, 5.74) is 0.372. The summed E-state index contributed by atoms with van der Waals surface area (Å²) in [6, 6.07) is 5.75. The van der Waals surface area contributed by atoms with Crippen LogP contribution in [0, 0.1) is 0 Å². The molecule has 0 bridgehead atoms. The van der Waals surface area contributed by atoms with Gasteiger partial charge in [0.1, 0.15) is 6.54 Å². The molecule has 1 fully saturated rings. The first-order valence-electron chi connectivity index (χ1n) is 10.5. The fourth-order valence-electron chi connectivity index (χ4n) is 3.83. The minimum Gasteiger partial charge on any atom is -0.388 e. The van der Waals surface area contributed by atoms with Crippen LogP contribution in [0.25, 0.3) is 0 Å². The summed E-state index contributed by atoms with van der Waals surface area (Å²) in [5.74, 6) is -2.59. The number of carbonyl (C=O) groups excluding carboxylic acids is 2.